The lowest BCUT2D eigenvalue weighted by molar-refractivity contribution is -0.308. The molecule has 1 heterocycles. The van der Waals surface area contributed by atoms with Crippen molar-refractivity contribution in [2.24, 2.45) is 0 Å². The van der Waals surface area contributed by atoms with Crippen molar-refractivity contribution in [2.45, 2.75) is 37.3 Å². The standard InChI is InChI=1S/C16H15F8N3O3/c17-8-1-2-11(10(18)7-8)26-13(28)25-9-3-5-27(6-4-9)14(29)30-12(15(19,20)21)16(22,23)24/h1-2,7,9,12H,3-6H2,(H2,25,26,28). The summed E-state index contributed by atoms with van der Waals surface area (Å²) >= 11 is 0. The summed E-state index contributed by atoms with van der Waals surface area (Å²) in [5.74, 6) is -1.87. The van der Waals surface area contributed by atoms with E-state index in [9.17, 15) is 44.7 Å². The number of nitrogens with zero attached hydrogens (tertiary/aromatic N) is 1. The number of nitrogens with one attached hydrogen (secondary N) is 2. The quantitative estimate of drug-likeness (QED) is 0.681. The van der Waals surface area contributed by atoms with Gasteiger partial charge >= 0.3 is 24.5 Å². The first-order chi connectivity index (χ1) is 13.8. The van der Waals surface area contributed by atoms with E-state index in [4.69, 9.17) is 0 Å². The SMILES string of the molecule is O=C(Nc1ccc(F)cc1F)NC1CCN(C(=O)OC(C(F)(F)F)C(F)(F)F)CC1. The van der Waals surface area contributed by atoms with Crippen LogP contribution in [0, 0.1) is 11.6 Å². The summed E-state index contributed by atoms with van der Waals surface area (Å²) in [4.78, 5) is 24.2. The van der Waals surface area contributed by atoms with E-state index in [1.807, 2.05) is 0 Å². The smallest absolute Gasteiger partial charge is 0.426 e. The molecular weight excluding hydrogens is 434 g/mol. The molecule has 0 radical (unpaired) electrons. The molecular formula is C16H15F8N3O3. The highest BCUT2D eigenvalue weighted by Gasteiger charge is 2.60. The molecule has 0 aliphatic carbocycles. The van der Waals surface area contributed by atoms with E-state index in [0.29, 0.717) is 11.0 Å². The zero-order chi connectivity index (χ0) is 22.7. The number of alkyl halides is 6. The number of ether oxygens (including phenoxy) is 1. The minimum absolute atomic E-state index is 0.00285. The Bertz CT molecular complexity index is 762. The van der Waals surface area contributed by atoms with Gasteiger partial charge in [-0.25, -0.2) is 18.4 Å². The van der Waals surface area contributed by atoms with Crippen LogP contribution in [0.1, 0.15) is 12.8 Å². The normalized spacial score (nSPS) is 15.8. The van der Waals surface area contributed by atoms with Crippen LogP contribution in [0.3, 0.4) is 0 Å². The fourth-order valence-corrected chi connectivity index (χ4v) is 2.64. The topological polar surface area (TPSA) is 70.7 Å². The van der Waals surface area contributed by atoms with Gasteiger partial charge in [0.1, 0.15) is 11.6 Å². The Morgan fingerprint density at radius 1 is 1.03 bits per heavy atom. The van der Waals surface area contributed by atoms with Crippen LogP contribution in [0.25, 0.3) is 0 Å². The van der Waals surface area contributed by atoms with Crippen LogP contribution >= 0.6 is 0 Å². The van der Waals surface area contributed by atoms with Gasteiger partial charge in [-0.3, -0.25) is 0 Å². The molecule has 0 bridgehead atoms. The lowest BCUT2D eigenvalue weighted by Crippen LogP contribution is -2.51. The predicted molar refractivity (Wildman–Crippen MR) is 85.5 cm³/mol. The molecule has 3 amide bonds. The van der Waals surface area contributed by atoms with Gasteiger partial charge in [0.25, 0.3) is 6.10 Å². The second-order valence-corrected chi connectivity index (χ2v) is 6.33. The molecule has 168 valence electrons. The molecule has 0 atom stereocenters. The van der Waals surface area contributed by atoms with E-state index in [-0.39, 0.29) is 31.6 Å². The Labute approximate surface area is 164 Å². The number of likely N-dealkylation sites (tertiary alicyclic amines) is 1. The Morgan fingerprint density at radius 2 is 1.60 bits per heavy atom. The maximum Gasteiger partial charge on any atom is 0.434 e. The summed E-state index contributed by atoms with van der Waals surface area (Å²) in [6.45, 7) is -0.561. The molecule has 14 heteroatoms. The number of halogens is 8. The van der Waals surface area contributed by atoms with Crippen molar-refractivity contribution in [3.8, 4) is 0 Å². The van der Waals surface area contributed by atoms with Crippen molar-refractivity contribution in [2.75, 3.05) is 18.4 Å². The van der Waals surface area contributed by atoms with Gasteiger partial charge in [-0.1, -0.05) is 0 Å². The van der Waals surface area contributed by atoms with Crippen molar-refractivity contribution >= 4 is 17.8 Å². The Hall–Kier alpha value is -2.80. The van der Waals surface area contributed by atoms with Crippen LogP contribution in [0.15, 0.2) is 18.2 Å². The van der Waals surface area contributed by atoms with Crippen molar-refractivity contribution in [3.05, 3.63) is 29.8 Å². The number of hydrogen-bond acceptors (Lipinski definition) is 3. The minimum Gasteiger partial charge on any atom is -0.426 e. The van der Waals surface area contributed by atoms with E-state index in [1.165, 1.54) is 0 Å². The maximum atomic E-state index is 13.5. The van der Waals surface area contributed by atoms with Crippen molar-refractivity contribution in [1.82, 2.24) is 10.2 Å². The van der Waals surface area contributed by atoms with Gasteiger partial charge < -0.3 is 20.3 Å². The Morgan fingerprint density at radius 3 is 2.10 bits per heavy atom. The summed E-state index contributed by atoms with van der Waals surface area (Å²) in [6, 6.07) is 0.988. The molecule has 0 aromatic heterocycles. The van der Waals surface area contributed by atoms with E-state index >= 15 is 0 Å². The number of urea groups is 1. The molecule has 0 unspecified atom stereocenters. The highest BCUT2D eigenvalue weighted by molar-refractivity contribution is 5.89. The number of amides is 3. The Balaban J connectivity index is 1.85. The van der Waals surface area contributed by atoms with Gasteiger partial charge in [0.15, 0.2) is 0 Å². The fourth-order valence-electron chi connectivity index (χ4n) is 2.64. The summed E-state index contributed by atoms with van der Waals surface area (Å²) in [6.07, 6.45) is -17.7. The molecule has 1 aliphatic heterocycles. The molecule has 6 nitrogen and oxygen atoms in total. The van der Waals surface area contributed by atoms with Gasteiger partial charge in [0.05, 0.1) is 5.69 Å². The number of carbonyl (C=O) groups excluding carboxylic acids is 2. The molecule has 0 saturated carbocycles. The number of benzene rings is 1. The Kier molecular flexibility index (Phi) is 6.98. The number of piperidine rings is 1. The third-order valence-electron chi connectivity index (χ3n) is 4.08. The van der Waals surface area contributed by atoms with Crippen LogP contribution in [-0.2, 0) is 4.74 Å². The third-order valence-corrected chi connectivity index (χ3v) is 4.08. The minimum atomic E-state index is -5.82. The summed E-state index contributed by atoms with van der Waals surface area (Å²) in [7, 11) is 0. The van der Waals surface area contributed by atoms with Gasteiger partial charge in [0.2, 0.25) is 0 Å². The molecule has 1 aliphatic rings. The summed E-state index contributed by atoms with van der Waals surface area (Å²) in [5, 5.41) is 4.54. The number of anilines is 1. The van der Waals surface area contributed by atoms with Crippen molar-refractivity contribution in [1.29, 1.82) is 0 Å². The number of rotatable bonds is 3. The highest BCUT2D eigenvalue weighted by Crippen LogP contribution is 2.36. The van der Waals surface area contributed by atoms with Crippen LogP contribution in [0.2, 0.25) is 0 Å². The molecule has 1 fully saturated rings. The van der Waals surface area contributed by atoms with Crippen LogP contribution in [0.4, 0.5) is 50.4 Å². The van der Waals surface area contributed by atoms with Crippen LogP contribution < -0.4 is 10.6 Å². The number of carbonyl (C=O) groups is 2. The molecule has 2 N–H and O–H groups in total. The molecule has 2 rings (SSSR count). The zero-order valence-corrected chi connectivity index (χ0v) is 14.9. The van der Waals surface area contributed by atoms with E-state index < -0.39 is 48.3 Å². The van der Waals surface area contributed by atoms with Crippen LogP contribution in [-0.4, -0.2) is 54.6 Å². The van der Waals surface area contributed by atoms with Gasteiger partial charge in [-0.2, -0.15) is 26.3 Å². The predicted octanol–water partition coefficient (Wildman–Crippen LogP) is 4.18. The summed E-state index contributed by atoms with van der Waals surface area (Å²) in [5.41, 5.74) is -0.305. The lowest BCUT2D eigenvalue weighted by atomic mass is 10.1. The van der Waals surface area contributed by atoms with E-state index in [1.54, 1.807) is 0 Å². The molecule has 1 aromatic rings. The first kappa shape index (κ1) is 23.5. The van der Waals surface area contributed by atoms with Crippen molar-refractivity contribution in [3.63, 3.8) is 0 Å². The largest absolute Gasteiger partial charge is 0.434 e. The van der Waals surface area contributed by atoms with Crippen molar-refractivity contribution < 1.29 is 49.4 Å². The van der Waals surface area contributed by atoms with E-state index in [0.717, 1.165) is 12.1 Å². The van der Waals surface area contributed by atoms with Gasteiger partial charge in [0, 0.05) is 25.2 Å². The molecule has 1 saturated heterocycles. The van der Waals surface area contributed by atoms with E-state index in [2.05, 4.69) is 15.4 Å². The first-order valence-corrected chi connectivity index (χ1v) is 8.39. The first-order valence-electron chi connectivity index (χ1n) is 8.39. The van der Waals surface area contributed by atoms with Gasteiger partial charge in [-0.05, 0) is 25.0 Å². The highest BCUT2D eigenvalue weighted by atomic mass is 19.4. The number of hydrogen-bond donors (Lipinski definition) is 2. The average Bonchev–Trinajstić information content (AvgIpc) is 2.60. The maximum absolute atomic E-state index is 13.5. The lowest BCUT2D eigenvalue weighted by Gasteiger charge is -2.33. The molecule has 1 aromatic carbocycles. The molecule has 0 spiro atoms. The van der Waals surface area contributed by atoms with Crippen LogP contribution in [0.5, 0.6) is 0 Å². The monoisotopic (exact) mass is 449 g/mol. The summed E-state index contributed by atoms with van der Waals surface area (Å²) < 4.78 is 105. The third kappa shape index (κ3) is 6.35. The fraction of sp³-hybridized carbons (Fsp3) is 0.500. The second kappa shape index (κ2) is 8.92. The zero-order valence-electron chi connectivity index (χ0n) is 14.9. The molecule has 30 heavy (non-hydrogen) atoms. The second-order valence-electron chi connectivity index (χ2n) is 6.33. The van der Waals surface area contributed by atoms with Gasteiger partial charge in [-0.15, -0.1) is 0 Å². The average molecular weight is 449 g/mol.